The number of hydrogen-bond donors (Lipinski definition) is 2. The van der Waals surface area contributed by atoms with E-state index in [0.717, 1.165) is 0 Å². The molecular weight excluding hydrogens is 206 g/mol. The average molecular weight is 212 g/mol. The zero-order chi connectivity index (χ0) is 10.3. The second-order valence-corrected chi connectivity index (χ2v) is 3.24. The second-order valence-electron chi connectivity index (χ2n) is 2.84. The van der Waals surface area contributed by atoms with E-state index in [9.17, 15) is 10.1 Å². The van der Waals surface area contributed by atoms with Crippen LogP contribution >= 0.6 is 11.6 Å². The minimum absolute atomic E-state index is 0.00245. The Morgan fingerprint density at radius 2 is 2.21 bits per heavy atom. The van der Waals surface area contributed by atoms with Gasteiger partial charge in [-0.05, 0) is 12.1 Å². The van der Waals surface area contributed by atoms with Gasteiger partial charge in [0, 0.05) is 6.07 Å². The third kappa shape index (κ3) is 1.18. The zero-order valence-corrected chi connectivity index (χ0v) is 7.71. The van der Waals surface area contributed by atoms with Crippen LogP contribution < -0.4 is 5.73 Å². The molecule has 0 amide bonds. The van der Waals surface area contributed by atoms with Gasteiger partial charge in [-0.2, -0.15) is 0 Å². The molecule has 0 spiro atoms. The number of fused-ring (bicyclic) bond motifs is 1. The molecule has 0 unspecified atom stereocenters. The summed E-state index contributed by atoms with van der Waals surface area (Å²) in [5.41, 5.74) is 5.99. The predicted octanol–water partition coefficient (Wildman–Crippen LogP) is 2.31. The van der Waals surface area contributed by atoms with Crippen molar-refractivity contribution in [1.29, 1.82) is 0 Å². The number of anilines is 1. The Labute approximate surface area is 83.6 Å². The summed E-state index contributed by atoms with van der Waals surface area (Å²) < 4.78 is 0. The van der Waals surface area contributed by atoms with Crippen molar-refractivity contribution in [2.75, 3.05) is 5.73 Å². The molecule has 2 rings (SSSR count). The Hall–Kier alpha value is -1.75. The molecule has 1 aromatic carbocycles. The number of hydrogen-bond acceptors (Lipinski definition) is 3. The molecule has 0 bridgehead atoms. The van der Waals surface area contributed by atoms with Crippen molar-refractivity contribution >= 4 is 34.0 Å². The van der Waals surface area contributed by atoms with Gasteiger partial charge in [-0.1, -0.05) is 11.6 Å². The zero-order valence-electron chi connectivity index (χ0n) is 6.95. The number of nitro groups is 1. The number of nitrogen functional groups attached to an aromatic ring is 1. The molecule has 0 aliphatic carbocycles. The molecule has 0 atom stereocenters. The van der Waals surface area contributed by atoms with E-state index in [2.05, 4.69) is 4.98 Å². The number of benzene rings is 1. The van der Waals surface area contributed by atoms with Gasteiger partial charge >= 0.3 is 0 Å². The molecule has 5 nitrogen and oxygen atoms in total. The van der Waals surface area contributed by atoms with Gasteiger partial charge in [-0.25, -0.2) is 0 Å². The lowest BCUT2D eigenvalue weighted by atomic mass is 10.2. The number of aromatic nitrogens is 1. The molecular formula is C8H6ClN3O2. The van der Waals surface area contributed by atoms with E-state index in [0.29, 0.717) is 21.7 Å². The second kappa shape index (κ2) is 2.88. The van der Waals surface area contributed by atoms with E-state index >= 15 is 0 Å². The summed E-state index contributed by atoms with van der Waals surface area (Å²) in [4.78, 5) is 12.9. The van der Waals surface area contributed by atoms with Crippen molar-refractivity contribution in [2.24, 2.45) is 0 Å². The van der Waals surface area contributed by atoms with Crippen molar-refractivity contribution in [3.8, 4) is 0 Å². The van der Waals surface area contributed by atoms with Crippen LogP contribution in [0.4, 0.5) is 11.5 Å². The van der Waals surface area contributed by atoms with Gasteiger partial charge in [0.25, 0.3) is 5.69 Å². The van der Waals surface area contributed by atoms with Crippen LogP contribution in [0.1, 0.15) is 0 Å². The molecule has 0 saturated carbocycles. The summed E-state index contributed by atoms with van der Waals surface area (Å²) in [6.45, 7) is 0. The molecule has 0 aliphatic rings. The molecule has 1 heterocycles. The van der Waals surface area contributed by atoms with Crippen LogP contribution in [-0.4, -0.2) is 9.91 Å². The molecule has 0 aliphatic heterocycles. The summed E-state index contributed by atoms with van der Waals surface area (Å²) in [7, 11) is 0. The van der Waals surface area contributed by atoms with E-state index in [4.69, 9.17) is 17.3 Å². The Bertz CT molecular complexity index is 521. The van der Waals surface area contributed by atoms with Crippen LogP contribution in [0.3, 0.4) is 0 Å². The standard InChI is InChI=1S/C8H6ClN3O2/c9-5-1-2-6(12(13)14)4-3-7(10)11-8(4)5/h1-3,11H,10H2. The summed E-state index contributed by atoms with van der Waals surface area (Å²) in [5.74, 6) is 0.358. The van der Waals surface area contributed by atoms with Crippen LogP contribution in [-0.2, 0) is 0 Å². The first-order valence-corrected chi connectivity index (χ1v) is 4.18. The fourth-order valence-electron chi connectivity index (χ4n) is 1.35. The highest BCUT2D eigenvalue weighted by molar-refractivity contribution is 6.35. The van der Waals surface area contributed by atoms with Crippen LogP contribution in [0, 0.1) is 10.1 Å². The van der Waals surface area contributed by atoms with Crippen LogP contribution in [0.25, 0.3) is 10.9 Å². The summed E-state index contributed by atoms with van der Waals surface area (Å²) in [5, 5.41) is 11.5. The number of non-ortho nitro benzene ring substituents is 1. The maximum Gasteiger partial charge on any atom is 0.278 e. The van der Waals surface area contributed by atoms with E-state index in [1.807, 2.05) is 0 Å². The third-order valence-corrected chi connectivity index (χ3v) is 2.25. The maximum atomic E-state index is 10.6. The molecule has 14 heavy (non-hydrogen) atoms. The van der Waals surface area contributed by atoms with Crippen LogP contribution in [0.2, 0.25) is 5.02 Å². The molecule has 0 fully saturated rings. The van der Waals surface area contributed by atoms with E-state index in [-0.39, 0.29) is 5.69 Å². The van der Waals surface area contributed by atoms with Crippen molar-refractivity contribution < 1.29 is 4.92 Å². The fraction of sp³-hybridized carbons (Fsp3) is 0. The first-order chi connectivity index (χ1) is 6.59. The Balaban J connectivity index is 2.87. The largest absolute Gasteiger partial charge is 0.385 e. The predicted molar refractivity (Wildman–Crippen MR) is 54.4 cm³/mol. The number of nitrogens with zero attached hydrogens (tertiary/aromatic N) is 1. The smallest absolute Gasteiger partial charge is 0.278 e. The van der Waals surface area contributed by atoms with Gasteiger partial charge < -0.3 is 10.7 Å². The number of nitrogens with two attached hydrogens (primary N) is 1. The van der Waals surface area contributed by atoms with Gasteiger partial charge in [0.15, 0.2) is 0 Å². The van der Waals surface area contributed by atoms with Crippen LogP contribution in [0.5, 0.6) is 0 Å². The first kappa shape index (κ1) is 8.83. The third-order valence-electron chi connectivity index (χ3n) is 1.94. The van der Waals surface area contributed by atoms with Crippen molar-refractivity contribution in [2.45, 2.75) is 0 Å². The number of rotatable bonds is 1. The van der Waals surface area contributed by atoms with Crippen molar-refractivity contribution in [3.63, 3.8) is 0 Å². The SMILES string of the molecule is Nc1cc2c([N+](=O)[O-])ccc(Cl)c2[nH]1. The quantitative estimate of drug-likeness (QED) is 0.561. The Kier molecular flexibility index (Phi) is 1.82. The number of halogens is 1. The molecule has 2 aromatic rings. The van der Waals surface area contributed by atoms with E-state index in [1.165, 1.54) is 18.2 Å². The number of H-pyrrole nitrogens is 1. The normalized spacial score (nSPS) is 10.6. The Morgan fingerprint density at radius 1 is 1.50 bits per heavy atom. The summed E-state index contributed by atoms with van der Waals surface area (Å²) in [6.07, 6.45) is 0. The topological polar surface area (TPSA) is 84.9 Å². The highest BCUT2D eigenvalue weighted by atomic mass is 35.5. The Morgan fingerprint density at radius 3 is 2.86 bits per heavy atom. The minimum atomic E-state index is -0.466. The number of nitrogens with one attached hydrogen (secondary N) is 1. The van der Waals surface area contributed by atoms with Gasteiger partial charge in [-0.3, -0.25) is 10.1 Å². The van der Waals surface area contributed by atoms with Crippen molar-refractivity contribution in [3.05, 3.63) is 33.3 Å². The van der Waals surface area contributed by atoms with E-state index in [1.54, 1.807) is 0 Å². The molecule has 0 saturated heterocycles. The lowest BCUT2D eigenvalue weighted by Crippen LogP contribution is -1.88. The van der Waals surface area contributed by atoms with Gasteiger partial charge in [-0.15, -0.1) is 0 Å². The maximum absolute atomic E-state index is 10.6. The fourth-order valence-corrected chi connectivity index (χ4v) is 1.56. The first-order valence-electron chi connectivity index (χ1n) is 3.80. The van der Waals surface area contributed by atoms with Gasteiger partial charge in [0.2, 0.25) is 0 Å². The highest BCUT2D eigenvalue weighted by Gasteiger charge is 2.15. The van der Waals surface area contributed by atoms with Gasteiger partial charge in [0.1, 0.15) is 5.82 Å². The molecule has 0 radical (unpaired) electrons. The summed E-state index contributed by atoms with van der Waals surface area (Å²) >= 11 is 5.84. The lowest BCUT2D eigenvalue weighted by molar-refractivity contribution is -0.383. The lowest BCUT2D eigenvalue weighted by Gasteiger charge is -1.95. The molecule has 6 heteroatoms. The molecule has 1 aromatic heterocycles. The monoisotopic (exact) mass is 211 g/mol. The number of nitro benzene ring substituents is 1. The van der Waals surface area contributed by atoms with Crippen LogP contribution in [0.15, 0.2) is 18.2 Å². The average Bonchev–Trinajstić information content (AvgIpc) is 2.47. The highest BCUT2D eigenvalue weighted by Crippen LogP contribution is 2.32. The van der Waals surface area contributed by atoms with Gasteiger partial charge in [0.05, 0.1) is 20.8 Å². The summed E-state index contributed by atoms with van der Waals surface area (Å²) in [6, 6.07) is 4.33. The minimum Gasteiger partial charge on any atom is -0.385 e. The molecule has 3 N–H and O–H groups in total. The number of aromatic amines is 1. The van der Waals surface area contributed by atoms with Crippen molar-refractivity contribution in [1.82, 2.24) is 4.98 Å². The van der Waals surface area contributed by atoms with E-state index < -0.39 is 4.92 Å². The molecule has 72 valence electrons.